The summed E-state index contributed by atoms with van der Waals surface area (Å²) in [5, 5.41) is 2.58. The van der Waals surface area contributed by atoms with Crippen LogP contribution in [0.4, 0.5) is 5.69 Å². The Balaban J connectivity index is 1.60. The molecular weight excluding hydrogens is 372 g/mol. The minimum absolute atomic E-state index is 0.210. The Morgan fingerprint density at radius 2 is 2.11 bits per heavy atom. The molecule has 0 aliphatic carbocycles. The number of nitrogens with one attached hydrogen (secondary N) is 1. The molecule has 0 unspecified atom stereocenters. The standard InChI is InChI=1S/C18H20N2O6S/c1-12-8-14-9-13(5-6-16(14)20(12)27(2,23)24)18(22)26-11-17(21)19-10-15-4-3-7-25-15/h3-7,9,12H,8,10-11H2,1-2H3,(H,19,21)/t12-/m0/s1. The number of hydrogen-bond acceptors (Lipinski definition) is 6. The molecule has 1 atom stereocenters. The van der Waals surface area contributed by atoms with Crippen molar-refractivity contribution >= 4 is 27.6 Å². The van der Waals surface area contributed by atoms with Crippen molar-refractivity contribution in [3.63, 3.8) is 0 Å². The number of ether oxygens (including phenoxy) is 1. The second-order valence-electron chi connectivity index (χ2n) is 6.39. The van der Waals surface area contributed by atoms with Gasteiger partial charge in [-0.25, -0.2) is 13.2 Å². The van der Waals surface area contributed by atoms with Crippen molar-refractivity contribution in [1.82, 2.24) is 5.32 Å². The molecule has 1 aromatic heterocycles. The molecule has 8 nitrogen and oxygen atoms in total. The van der Waals surface area contributed by atoms with Gasteiger partial charge in [-0.2, -0.15) is 0 Å². The number of benzene rings is 1. The van der Waals surface area contributed by atoms with Crippen LogP contribution in [-0.2, 0) is 32.5 Å². The predicted molar refractivity (Wildman–Crippen MR) is 97.8 cm³/mol. The van der Waals surface area contributed by atoms with Crippen molar-refractivity contribution in [3.8, 4) is 0 Å². The summed E-state index contributed by atoms with van der Waals surface area (Å²) >= 11 is 0. The molecule has 27 heavy (non-hydrogen) atoms. The monoisotopic (exact) mass is 392 g/mol. The first-order valence-corrected chi connectivity index (χ1v) is 10.2. The summed E-state index contributed by atoms with van der Waals surface area (Å²) in [5.74, 6) is -0.493. The van der Waals surface area contributed by atoms with Crippen LogP contribution in [0.15, 0.2) is 41.0 Å². The third kappa shape index (κ3) is 4.30. The maximum atomic E-state index is 12.2. The Kier molecular flexibility index (Phi) is 5.22. The van der Waals surface area contributed by atoms with Crippen molar-refractivity contribution in [3.05, 3.63) is 53.5 Å². The normalized spacial score (nSPS) is 16.1. The van der Waals surface area contributed by atoms with Gasteiger partial charge in [0.1, 0.15) is 5.76 Å². The first-order valence-electron chi connectivity index (χ1n) is 8.34. The van der Waals surface area contributed by atoms with Gasteiger partial charge >= 0.3 is 5.97 Å². The van der Waals surface area contributed by atoms with Crippen LogP contribution < -0.4 is 9.62 Å². The number of carbonyl (C=O) groups excluding carboxylic acids is 2. The van der Waals surface area contributed by atoms with E-state index in [4.69, 9.17) is 9.15 Å². The number of rotatable bonds is 6. The number of furan rings is 1. The van der Waals surface area contributed by atoms with E-state index in [0.717, 1.165) is 11.8 Å². The lowest BCUT2D eigenvalue weighted by molar-refractivity contribution is -0.124. The number of anilines is 1. The highest BCUT2D eigenvalue weighted by Gasteiger charge is 2.32. The molecule has 1 aromatic carbocycles. The molecule has 9 heteroatoms. The molecule has 0 saturated heterocycles. The highest BCUT2D eigenvalue weighted by atomic mass is 32.2. The maximum absolute atomic E-state index is 12.2. The zero-order chi connectivity index (χ0) is 19.6. The van der Waals surface area contributed by atoms with Gasteiger partial charge < -0.3 is 14.5 Å². The molecule has 0 spiro atoms. The number of hydrogen-bond donors (Lipinski definition) is 1. The van der Waals surface area contributed by atoms with E-state index in [0.29, 0.717) is 17.9 Å². The third-order valence-electron chi connectivity index (χ3n) is 4.20. The van der Waals surface area contributed by atoms with Crippen LogP contribution in [0, 0.1) is 0 Å². The number of sulfonamides is 1. The highest BCUT2D eigenvalue weighted by Crippen LogP contribution is 2.34. The molecule has 1 amide bonds. The zero-order valence-corrected chi connectivity index (χ0v) is 15.8. The molecule has 2 heterocycles. The van der Waals surface area contributed by atoms with Gasteiger partial charge in [0.2, 0.25) is 10.0 Å². The van der Waals surface area contributed by atoms with Crippen molar-refractivity contribution in [1.29, 1.82) is 0 Å². The van der Waals surface area contributed by atoms with Crippen molar-refractivity contribution < 1.29 is 27.2 Å². The largest absolute Gasteiger partial charge is 0.467 e. The summed E-state index contributed by atoms with van der Waals surface area (Å²) in [7, 11) is -3.39. The number of fused-ring (bicyclic) bond motifs is 1. The molecule has 0 radical (unpaired) electrons. The summed E-state index contributed by atoms with van der Waals surface area (Å²) in [4.78, 5) is 23.9. The van der Waals surface area contributed by atoms with Gasteiger partial charge in [-0.05, 0) is 49.2 Å². The van der Waals surface area contributed by atoms with Crippen LogP contribution >= 0.6 is 0 Å². The van der Waals surface area contributed by atoms with Gasteiger partial charge in [0.05, 0.1) is 30.3 Å². The van der Waals surface area contributed by atoms with Gasteiger partial charge in [0, 0.05) is 6.04 Å². The van der Waals surface area contributed by atoms with E-state index >= 15 is 0 Å². The van der Waals surface area contributed by atoms with Gasteiger partial charge in [0.15, 0.2) is 6.61 Å². The smallest absolute Gasteiger partial charge is 0.338 e. The molecule has 0 fully saturated rings. The summed E-state index contributed by atoms with van der Waals surface area (Å²) in [6.07, 6.45) is 3.16. The molecule has 1 aliphatic heterocycles. The predicted octanol–water partition coefficient (Wildman–Crippen LogP) is 1.46. The van der Waals surface area contributed by atoms with E-state index in [1.165, 1.54) is 16.6 Å². The first-order chi connectivity index (χ1) is 12.8. The minimum atomic E-state index is -3.39. The topological polar surface area (TPSA) is 106 Å². The summed E-state index contributed by atoms with van der Waals surface area (Å²) < 4.78 is 35.3. The van der Waals surface area contributed by atoms with E-state index in [1.54, 1.807) is 24.3 Å². The van der Waals surface area contributed by atoms with Crippen LogP contribution in [0.3, 0.4) is 0 Å². The molecule has 1 N–H and O–H groups in total. The van der Waals surface area contributed by atoms with Crippen LogP contribution in [0.2, 0.25) is 0 Å². The van der Waals surface area contributed by atoms with Crippen LogP contribution in [0.25, 0.3) is 0 Å². The van der Waals surface area contributed by atoms with Crippen molar-refractivity contribution in [2.24, 2.45) is 0 Å². The molecule has 144 valence electrons. The zero-order valence-electron chi connectivity index (χ0n) is 15.0. The maximum Gasteiger partial charge on any atom is 0.338 e. The summed E-state index contributed by atoms with van der Waals surface area (Å²) in [6, 6.07) is 7.92. The van der Waals surface area contributed by atoms with Gasteiger partial charge in [-0.1, -0.05) is 0 Å². The van der Waals surface area contributed by atoms with Gasteiger partial charge in [0.25, 0.3) is 5.91 Å². The van der Waals surface area contributed by atoms with Crippen molar-refractivity contribution in [2.45, 2.75) is 25.9 Å². The minimum Gasteiger partial charge on any atom is -0.467 e. The second kappa shape index (κ2) is 7.43. The van der Waals surface area contributed by atoms with E-state index in [9.17, 15) is 18.0 Å². The Labute approximate surface area is 157 Å². The lowest BCUT2D eigenvalue weighted by Gasteiger charge is -2.21. The number of carbonyl (C=O) groups is 2. The average Bonchev–Trinajstić information content (AvgIpc) is 3.22. The SMILES string of the molecule is C[C@H]1Cc2cc(C(=O)OCC(=O)NCc3ccco3)ccc2N1S(C)(=O)=O. The van der Waals surface area contributed by atoms with E-state index in [-0.39, 0.29) is 18.2 Å². The molecule has 0 saturated carbocycles. The van der Waals surface area contributed by atoms with Crippen LogP contribution in [0.1, 0.15) is 28.6 Å². The Morgan fingerprint density at radius 3 is 2.78 bits per heavy atom. The fraction of sp³-hybridized carbons (Fsp3) is 0.333. The van der Waals surface area contributed by atoms with Crippen LogP contribution in [0.5, 0.6) is 0 Å². The lowest BCUT2D eigenvalue weighted by Crippen LogP contribution is -2.34. The highest BCUT2D eigenvalue weighted by molar-refractivity contribution is 7.92. The Morgan fingerprint density at radius 1 is 1.33 bits per heavy atom. The molecule has 3 rings (SSSR count). The lowest BCUT2D eigenvalue weighted by atomic mass is 10.1. The first kappa shape index (κ1) is 19.0. The van der Waals surface area contributed by atoms with Gasteiger partial charge in [-0.15, -0.1) is 0 Å². The van der Waals surface area contributed by atoms with E-state index in [1.807, 2.05) is 6.92 Å². The Hall–Kier alpha value is -2.81. The molecule has 1 aliphatic rings. The van der Waals surface area contributed by atoms with Crippen molar-refractivity contribution in [2.75, 3.05) is 17.2 Å². The fourth-order valence-electron chi connectivity index (χ4n) is 3.10. The summed E-state index contributed by atoms with van der Waals surface area (Å²) in [6.45, 7) is 1.60. The van der Waals surface area contributed by atoms with E-state index < -0.39 is 28.5 Å². The number of esters is 1. The molecule has 0 bridgehead atoms. The Bertz CT molecular complexity index is 952. The number of nitrogens with zero attached hydrogens (tertiary/aromatic N) is 1. The van der Waals surface area contributed by atoms with Gasteiger partial charge in [-0.3, -0.25) is 9.10 Å². The quantitative estimate of drug-likeness (QED) is 0.746. The number of amides is 1. The average molecular weight is 392 g/mol. The fourth-order valence-corrected chi connectivity index (χ4v) is 4.36. The van der Waals surface area contributed by atoms with E-state index in [2.05, 4.69) is 5.32 Å². The second-order valence-corrected chi connectivity index (χ2v) is 8.25. The molecule has 2 aromatic rings. The van der Waals surface area contributed by atoms with Crippen LogP contribution in [-0.4, -0.2) is 39.2 Å². The third-order valence-corrected chi connectivity index (χ3v) is 5.47. The molecular formula is C18H20N2O6S. The summed E-state index contributed by atoms with van der Waals surface area (Å²) in [5.41, 5.74) is 1.59.